The molecule has 1 fully saturated rings. The number of esters is 1. The van der Waals surface area contributed by atoms with Gasteiger partial charge in [0.05, 0.1) is 6.61 Å². The first-order valence-corrected chi connectivity index (χ1v) is 5.71. The third kappa shape index (κ3) is 4.47. The van der Waals surface area contributed by atoms with E-state index in [9.17, 15) is 9.59 Å². The van der Waals surface area contributed by atoms with Gasteiger partial charge in [-0.2, -0.15) is 0 Å². The molecule has 1 aliphatic rings. The first-order valence-electron chi connectivity index (χ1n) is 5.71. The highest BCUT2D eigenvalue weighted by atomic mass is 16.5. The van der Waals surface area contributed by atoms with E-state index in [4.69, 9.17) is 4.74 Å². The average Bonchev–Trinajstić information content (AvgIpc) is 3.01. The molecule has 90 valence electrons. The van der Waals surface area contributed by atoms with Gasteiger partial charge in [-0.3, -0.25) is 9.59 Å². The van der Waals surface area contributed by atoms with E-state index in [2.05, 4.69) is 6.58 Å². The van der Waals surface area contributed by atoms with Crippen LogP contribution in [0.15, 0.2) is 12.7 Å². The standard InChI is InChI=1S/C12H19NO3/c1-3-7-13(9-12(15)16-4-2)11(14)8-10-5-6-10/h3,10H,1,4-9H2,2H3. The second-order valence-electron chi connectivity index (χ2n) is 4.02. The SMILES string of the molecule is C=CCN(CC(=O)OCC)C(=O)CC1CC1. The van der Waals surface area contributed by atoms with Gasteiger partial charge in [-0.05, 0) is 25.7 Å². The van der Waals surface area contributed by atoms with Gasteiger partial charge in [0, 0.05) is 13.0 Å². The molecule has 0 bridgehead atoms. The zero-order chi connectivity index (χ0) is 12.0. The van der Waals surface area contributed by atoms with Gasteiger partial charge in [0.25, 0.3) is 0 Å². The molecule has 0 atom stereocenters. The molecule has 0 heterocycles. The van der Waals surface area contributed by atoms with Crippen LogP contribution in [-0.2, 0) is 14.3 Å². The Morgan fingerprint density at radius 1 is 1.50 bits per heavy atom. The van der Waals surface area contributed by atoms with Crippen LogP contribution in [0.5, 0.6) is 0 Å². The third-order valence-electron chi connectivity index (χ3n) is 2.49. The van der Waals surface area contributed by atoms with Crippen molar-refractivity contribution in [1.82, 2.24) is 4.90 Å². The molecule has 16 heavy (non-hydrogen) atoms. The Hall–Kier alpha value is -1.32. The summed E-state index contributed by atoms with van der Waals surface area (Å²) in [5.74, 6) is 0.200. The molecule has 0 aliphatic heterocycles. The molecular formula is C12H19NO3. The lowest BCUT2D eigenvalue weighted by Gasteiger charge is -2.19. The van der Waals surface area contributed by atoms with E-state index < -0.39 is 0 Å². The first-order chi connectivity index (χ1) is 7.67. The van der Waals surface area contributed by atoms with Crippen LogP contribution in [0, 0.1) is 5.92 Å². The second-order valence-corrected chi connectivity index (χ2v) is 4.02. The van der Waals surface area contributed by atoms with E-state index >= 15 is 0 Å². The van der Waals surface area contributed by atoms with Crippen LogP contribution in [-0.4, -0.2) is 36.5 Å². The van der Waals surface area contributed by atoms with Gasteiger partial charge in [-0.15, -0.1) is 6.58 Å². The minimum Gasteiger partial charge on any atom is -0.465 e. The van der Waals surface area contributed by atoms with Crippen molar-refractivity contribution in [2.24, 2.45) is 5.92 Å². The van der Waals surface area contributed by atoms with Crippen molar-refractivity contribution < 1.29 is 14.3 Å². The zero-order valence-electron chi connectivity index (χ0n) is 9.78. The summed E-state index contributed by atoms with van der Waals surface area (Å²) in [6.07, 6.45) is 4.44. The van der Waals surface area contributed by atoms with Gasteiger partial charge in [0.1, 0.15) is 6.54 Å². The summed E-state index contributed by atoms with van der Waals surface area (Å²) in [4.78, 5) is 24.6. The Kier molecular flexibility index (Phi) is 5.02. The van der Waals surface area contributed by atoms with Gasteiger partial charge < -0.3 is 9.64 Å². The van der Waals surface area contributed by atoms with Crippen molar-refractivity contribution in [2.45, 2.75) is 26.2 Å². The highest BCUT2D eigenvalue weighted by Crippen LogP contribution is 2.32. The Balaban J connectivity index is 2.40. The highest BCUT2D eigenvalue weighted by molar-refractivity contribution is 5.82. The maximum Gasteiger partial charge on any atom is 0.325 e. The fourth-order valence-electron chi connectivity index (χ4n) is 1.47. The predicted octanol–water partition coefficient (Wildman–Crippen LogP) is 1.36. The third-order valence-corrected chi connectivity index (χ3v) is 2.49. The molecule has 4 nitrogen and oxygen atoms in total. The van der Waals surface area contributed by atoms with Crippen molar-refractivity contribution in [3.8, 4) is 0 Å². The molecule has 0 N–H and O–H groups in total. The Morgan fingerprint density at radius 2 is 2.19 bits per heavy atom. The topological polar surface area (TPSA) is 46.6 Å². The Morgan fingerprint density at radius 3 is 2.69 bits per heavy atom. The molecule has 4 heteroatoms. The van der Waals surface area contributed by atoms with Gasteiger partial charge in [-0.25, -0.2) is 0 Å². The van der Waals surface area contributed by atoms with Crippen LogP contribution in [0.3, 0.4) is 0 Å². The minimum absolute atomic E-state index is 0.0236. The monoisotopic (exact) mass is 225 g/mol. The van der Waals surface area contributed by atoms with Crippen molar-refractivity contribution in [1.29, 1.82) is 0 Å². The fourth-order valence-corrected chi connectivity index (χ4v) is 1.47. The van der Waals surface area contributed by atoms with E-state index in [1.54, 1.807) is 13.0 Å². The van der Waals surface area contributed by atoms with Crippen LogP contribution >= 0.6 is 0 Å². The molecule has 0 spiro atoms. The molecule has 0 saturated heterocycles. The van der Waals surface area contributed by atoms with E-state index in [0.717, 1.165) is 12.8 Å². The quantitative estimate of drug-likeness (QED) is 0.485. The van der Waals surface area contributed by atoms with E-state index in [0.29, 0.717) is 25.5 Å². The number of rotatable bonds is 7. The van der Waals surface area contributed by atoms with E-state index in [1.807, 2.05) is 0 Å². The molecule has 1 saturated carbocycles. The minimum atomic E-state index is -0.353. The first kappa shape index (κ1) is 12.7. The molecule has 0 aromatic heterocycles. The number of hydrogen-bond acceptors (Lipinski definition) is 3. The van der Waals surface area contributed by atoms with Gasteiger partial charge in [0.15, 0.2) is 0 Å². The van der Waals surface area contributed by atoms with Gasteiger partial charge in [-0.1, -0.05) is 6.08 Å². The van der Waals surface area contributed by atoms with Crippen molar-refractivity contribution in [2.75, 3.05) is 19.7 Å². The lowest BCUT2D eigenvalue weighted by molar-refractivity contribution is -0.148. The fraction of sp³-hybridized carbons (Fsp3) is 0.667. The Labute approximate surface area is 96.3 Å². The molecule has 0 unspecified atom stereocenters. The average molecular weight is 225 g/mol. The van der Waals surface area contributed by atoms with Crippen LogP contribution in [0.4, 0.5) is 0 Å². The summed E-state index contributed by atoms with van der Waals surface area (Å²) in [5.41, 5.74) is 0. The normalized spacial score (nSPS) is 14.3. The lowest BCUT2D eigenvalue weighted by atomic mass is 10.2. The zero-order valence-corrected chi connectivity index (χ0v) is 9.78. The lowest BCUT2D eigenvalue weighted by Crippen LogP contribution is -2.36. The summed E-state index contributed by atoms with van der Waals surface area (Å²) in [5, 5.41) is 0. The number of hydrogen-bond donors (Lipinski definition) is 0. The smallest absolute Gasteiger partial charge is 0.325 e. The van der Waals surface area contributed by atoms with Crippen LogP contribution in [0.25, 0.3) is 0 Å². The summed E-state index contributed by atoms with van der Waals surface area (Å²) in [6, 6.07) is 0. The Bertz CT molecular complexity index is 271. The molecule has 1 amide bonds. The highest BCUT2D eigenvalue weighted by Gasteiger charge is 2.27. The van der Waals surface area contributed by atoms with Crippen molar-refractivity contribution >= 4 is 11.9 Å². The maximum atomic E-state index is 11.8. The van der Waals surface area contributed by atoms with E-state index in [1.165, 1.54) is 4.90 Å². The summed E-state index contributed by atoms with van der Waals surface area (Å²) in [6.45, 7) is 6.12. The number of nitrogens with zero attached hydrogens (tertiary/aromatic N) is 1. The van der Waals surface area contributed by atoms with Crippen molar-refractivity contribution in [3.05, 3.63) is 12.7 Å². The van der Waals surface area contributed by atoms with Gasteiger partial charge >= 0.3 is 5.97 Å². The molecule has 0 radical (unpaired) electrons. The second kappa shape index (κ2) is 6.30. The number of amides is 1. The summed E-state index contributed by atoms with van der Waals surface area (Å²) < 4.78 is 4.82. The van der Waals surface area contributed by atoms with Crippen LogP contribution in [0.1, 0.15) is 26.2 Å². The van der Waals surface area contributed by atoms with Gasteiger partial charge in [0.2, 0.25) is 5.91 Å². The van der Waals surface area contributed by atoms with E-state index in [-0.39, 0.29) is 18.4 Å². The van der Waals surface area contributed by atoms with Crippen LogP contribution in [0.2, 0.25) is 0 Å². The molecule has 0 aromatic carbocycles. The predicted molar refractivity (Wildman–Crippen MR) is 60.8 cm³/mol. The molecule has 1 aliphatic carbocycles. The molecule has 1 rings (SSSR count). The number of carbonyl (C=O) groups excluding carboxylic acids is 2. The molecular weight excluding hydrogens is 206 g/mol. The van der Waals surface area contributed by atoms with Crippen molar-refractivity contribution in [3.63, 3.8) is 0 Å². The summed E-state index contributed by atoms with van der Waals surface area (Å²) in [7, 11) is 0. The maximum absolute atomic E-state index is 11.8. The number of ether oxygens (including phenoxy) is 1. The largest absolute Gasteiger partial charge is 0.465 e. The number of carbonyl (C=O) groups is 2. The molecule has 0 aromatic rings. The van der Waals surface area contributed by atoms with Crippen LogP contribution < -0.4 is 0 Å². The summed E-state index contributed by atoms with van der Waals surface area (Å²) >= 11 is 0.